The van der Waals surface area contributed by atoms with Gasteiger partial charge in [-0.3, -0.25) is 4.79 Å². The van der Waals surface area contributed by atoms with Crippen molar-refractivity contribution in [3.8, 4) is 0 Å². The van der Waals surface area contributed by atoms with E-state index in [1.807, 2.05) is 13.1 Å². The van der Waals surface area contributed by atoms with Crippen LogP contribution in [-0.2, 0) is 11.8 Å². The first-order chi connectivity index (χ1) is 7.18. The molecule has 0 saturated heterocycles. The number of rotatable bonds is 3. The van der Waals surface area contributed by atoms with Gasteiger partial charge in [0.2, 0.25) is 0 Å². The van der Waals surface area contributed by atoms with Crippen molar-refractivity contribution in [3.05, 3.63) is 18.3 Å². The topological polar surface area (TPSA) is 68.0 Å². The number of aliphatic carboxylic acids is 1. The molecule has 0 amide bonds. The van der Waals surface area contributed by atoms with Crippen LogP contribution in [0.5, 0.6) is 0 Å². The molecule has 6 heteroatoms. The van der Waals surface area contributed by atoms with E-state index >= 15 is 0 Å². The average Bonchev–Trinajstić information content (AvgIpc) is 2.54. The first-order valence-electron chi connectivity index (χ1n) is 4.30. The maximum atomic E-state index is 10.4. The van der Waals surface area contributed by atoms with Crippen molar-refractivity contribution in [2.75, 3.05) is 5.75 Å². The second-order valence-corrected chi connectivity index (χ2v) is 3.92. The highest BCUT2D eigenvalue weighted by Crippen LogP contribution is 2.20. The van der Waals surface area contributed by atoms with Crippen LogP contribution < -0.4 is 0 Å². The van der Waals surface area contributed by atoms with E-state index in [2.05, 4.69) is 9.97 Å². The number of fused-ring (bicyclic) bond motifs is 1. The number of hydrogen-bond acceptors (Lipinski definition) is 4. The van der Waals surface area contributed by atoms with E-state index < -0.39 is 5.97 Å². The number of carboxylic acids is 1. The molecular weight excluding hydrogens is 214 g/mol. The lowest BCUT2D eigenvalue weighted by molar-refractivity contribution is -0.133. The zero-order chi connectivity index (χ0) is 10.8. The first kappa shape index (κ1) is 9.97. The number of imidazole rings is 1. The van der Waals surface area contributed by atoms with Gasteiger partial charge in [0.05, 0.1) is 5.75 Å². The van der Waals surface area contributed by atoms with Crippen molar-refractivity contribution in [1.29, 1.82) is 0 Å². The van der Waals surface area contributed by atoms with Gasteiger partial charge in [-0.1, -0.05) is 11.8 Å². The fourth-order valence-electron chi connectivity index (χ4n) is 1.26. The van der Waals surface area contributed by atoms with Crippen LogP contribution in [0.25, 0.3) is 11.2 Å². The smallest absolute Gasteiger partial charge is 0.313 e. The van der Waals surface area contributed by atoms with Crippen LogP contribution in [0.4, 0.5) is 0 Å². The highest BCUT2D eigenvalue weighted by atomic mass is 32.2. The van der Waals surface area contributed by atoms with E-state index in [-0.39, 0.29) is 5.75 Å². The van der Waals surface area contributed by atoms with E-state index in [1.54, 1.807) is 16.8 Å². The molecule has 78 valence electrons. The molecule has 0 aliphatic rings. The number of carboxylic acid groups (broad SMARTS) is 1. The fourth-order valence-corrected chi connectivity index (χ4v) is 1.95. The van der Waals surface area contributed by atoms with Crippen molar-refractivity contribution < 1.29 is 9.90 Å². The standard InChI is InChI=1S/C9H9N3O2S/c1-12-8-6(3-2-4-10-8)11-9(12)15-5-7(13)14/h2-4H,5H2,1H3,(H,13,14). The van der Waals surface area contributed by atoms with Gasteiger partial charge in [0.25, 0.3) is 0 Å². The average molecular weight is 223 g/mol. The second kappa shape index (κ2) is 3.90. The zero-order valence-electron chi connectivity index (χ0n) is 8.04. The summed E-state index contributed by atoms with van der Waals surface area (Å²) in [4.78, 5) is 18.9. The van der Waals surface area contributed by atoms with Crippen LogP contribution in [0.15, 0.2) is 23.5 Å². The van der Waals surface area contributed by atoms with Gasteiger partial charge in [-0.05, 0) is 12.1 Å². The quantitative estimate of drug-likeness (QED) is 0.790. The zero-order valence-corrected chi connectivity index (χ0v) is 8.86. The maximum absolute atomic E-state index is 10.4. The van der Waals surface area contributed by atoms with Gasteiger partial charge in [0.1, 0.15) is 5.52 Å². The van der Waals surface area contributed by atoms with Crippen LogP contribution >= 0.6 is 11.8 Å². The largest absolute Gasteiger partial charge is 0.481 e. The molecule has 1 N–H and O–H groups in total. The highest BCUT2D eigenvalue weighted by Gasteiger charge is 2.09. The van der Waals surface area contributed by atoms with Crippen molar-refractivity contribution in [3.63, 3.8) is 0 Å². The van der Waals surface area contributed by atoms with Gasteiger partial charge in [0, 0.05) is 13.2 Å². The predicted molar refractivity (Wildman–Crippen MR) is 56.9 cm³/mol. The summed E-state index contributed by atoms with van der Waals surface area (Å²) >= 11 is 1.19. The third-order valence-electron chi connectivity index (χ3n) is 1.91. The fraction of sp³-hybridized carbons (Fsp3) is 0.222. The maximum Gasteiger partial charge on any atom is 0.313 e. The summed E-state index contributed by atoms with van der Waals surface area (Å²) in [6.07, 6.45) is 1.69. The van der Waals surface area contributed by atoms with Crippen LogP contribution in [-0.4, -0.2) is 31.4 Å². The Morgan fingerprint density at radius 3 is 3.13 bits per heavy atom. The number of hydrogen-bond donors (Lipinski definition) is 1. The summed E-state index contributed by atoms with van der Waals surface area (Å²) in [5.74, 6) is -0.836. The summed E-state index contributed by atoms with van der Waals surface area (Å²) in [7, 11) is 1.83. The minimum absolute atomic E-state index is 0.0111. The predicted octanol–water partition coefficient (Wildman–Crippen LogP) is 1.14. The van der Waals surface area contributed by atoms with Gasteiger partial charge < -0.3 is 9.67 Å². The molecule has 0 radical (unpaired) electrons. The second-order valence-electron chi connectivity index (χ2n) is 2.98. The Kier molecular flexibility index (Phi) is 2.59. The van der Waals surface area contributed by atoms with Crippen molar-refractivity contribution >= 4 is 28.9 Å². The summed E-state index contributed by atoms with van der Waals surface area (Å²) in [6, 6.07) is 3.66. The number of pyridine rings is 1. The van der Waals surface area contributed by atoms with Crippen molar-refractivity contribution in [2.45, 2.75) is 5.16 Å². The number of carbonyl (C=O) groups is 1. The third kappa shape index (κ3) is 1.94. The Morgan fingerprint density at radius 2 is 2.47 bits per heavy atom. The minimum Gasteiger partial charge on any atom is -0.481 e. The lowest BCUT2D eigenvalue weighted by Crippen LogP contribution is -2.00. The van der Waals surface area contributed by atoms with E-state index in [9.17, 15) is 4.79 Å². The Labute approximate surface area is 90.1 Å². The molecule has 5 nitrogen and oxygen atoms in total. The molecule has 15 heavy (non-hydrogen) atoms. The van der Waals surface area contributed by atoms with E-state index in [0.717, 1.165) is 11.2 Å². The molecular formula is C9H9N3O2S. The molecule has 0 unspecified atom stereocenters. The minimum atomic E-state index is -0.847. The highest BCUT2D eigenvalue weighted by molar-refractivity contribution is 7.99. The van der Waals surface area contributed by atoms with Crippen molar-refractivity contribution in [2.24, 2.45) is 7.05 Å². The van der Waals surface area contributed by atoms with Gasteiger partial charge in [-0.15, -0.1) is 0 Å². The molecule has 0 aromatic carbocycles. The molecule has 2 rings (SSSR count). The summed E-state index contributed by atoms with van der Waals surface area (Å²) < 4.78 is 1.79. The molecule has 0 atom stereocenters. The molecule has 2 heterocycles. The molecule has 0 bridgehead atoms. The van der Waals surface area contributed by atoms with Crippen LogP contribution in [0.2, 0.25) is 0 Å². The monoisotopic (exact) mass is 223 g/mol. The molecule has 0 spiro atoms. The number of nitrogens with zero attached hydrogens (tertiary/aromatic N) is 3. The third-order valence-corrected chi connectivity index (χ3v) is 2.93. The normalized spacial score (nSPS) is 10.7. The SMILES string of the molecule is Cn1c(SCC(=O)O)nc2cccnc21. The summed E-state index contributed by atoms with van der Waals surface area (Å²) in [5.41, 5.74) is 1.55. The van der Waals surface area contributed by atoms with E-state index in [1.165, 1.54) is 11.8 Å². The lowest BCUT2D eigenvalue weighted by Gasteiger charge is -1.98. The van der Waals surface area contributed by atoms with Gasteiger partial charge >= 0.3 is 5.97 Å². The lowest BCUT2D eigenvalue weighted by atomic mass is 10.4. The number of aryl methyl sites for hydroxylation is 1. The van der Waals surface area contributed by atoms with Crippen LogP contribution in [0, 0.1) is 0 Å². The van der Waals surface area contributed by atoms with E-state index in [4.69, 9.17) is 5.11 Å². The Morgan fingerprint density at radius 1 is 1.67 bits per heavy atom. The Bertz CT molecular complexity index is 509. The molecule has 0 aliphatic carbocycles. The van der Waals surface area contributed by atoms with Gasteiger partial charge in [-0.2, -0.15) is 0 Å². The molecule has 2 aromatic rings. The molecule has 0 saturated carbocycles. The number of thioether (sulfide) groups is 1. The summed E-state index contributed by atoms with van der Waals surface area (Å²) in [5, 5.41) is 9.24. The molecule has 0 aliphatic heterocycles. The molecule has 2 aromatic heterocycles. The number of aromatic nitrogens is 3. The van der Waals surface area contributed by atoms with Crippen LogP contribution in [0.3, 0.4) is 0 Å². The Hall–Kier alpha value is -1.56. The van der Waals surface area contributed by atoms with Gasteiger partial charge in [-0.25, -0.2) is 9.97 Å². The van der Waals surface area contributed by atoms with Crippen LogP contribution in [0.1, 0.15) is 0 Å². The summed E-state index contributed by atoms with van der Waals surface area (Å²) in [6.45, 7) is 0. The first-order valence-corrected chi connectivity index (χ1v) is 5.29. The molecule has 0 fully saturated rings. The van der Waals surface area contributed by atoms with Crippen molar-refractivity contribution in [1.82, 2.24) is 14.5 Å². The van der Waals surface area contributed by atoms with E-state index in [0.29, 0.717) is 5.16 Å². The van der Waals surface area contributed by atoms with Gasteiger partial charge in [0.15, 0.2) is 10.8 Å². The Balaban J connectivity index is 2.36.